The predicted molar refractivity (Wildman–Crippen MR) is 85.8 cm³/mol. The van der Waals surface area contributed by atoms with E-state index in [9.17, 15) is 4.39 Å². The van der Waals surface area contributed by atoms with E-state index in [-0.39, 0.29) is 11.3 Å². The van der Waals surface area contributed by atoms with Gasteiger partial charge < -0.3 is 4.74 Å². The van der Waals surface area contributed by atoms with E-state index in [1.165, 1.54) is 12.1 Å². The summed E-state index contributed by atoms with van der Waals surface area (Å²) in [5.41, 5.74) is 1.38. The number of nitriles is 1. The zero-order valence-corrected chi connectivity index (χ0v) is 12.9. The molecule has 0 saturated carbocycles. The summed E-state index contributed by atoms with van der Waals surface area (Å²) in [5, 5.41) is 8.77. The van der Waals surface area contributed by atoms with Crippen LogP contribution in [0, 0.1) is 17.1 Å². The van der Waals surface area contributed by atoms with Crippen LogP contribution in [0.4, 0.5) is 4.39 Å². The largest absolute Gasteiger partial charge is 0.439 e. The zero-order chi connectivity index (χ0) is 16.9. The summed E-state index contributed by atoms with van der Waals surface area (Å²) in [6, 6.07) is 13.0. The quantitative estimate of drug-likeness (QED) is 0.729. The smallest absolute Gasteiger partial charge is 0.223 e. The van der Waals surface area contributed by atoms with Gasteiger partial charge in [0, 0.05) is 24.0 Å². The Morgan fingerprint density at radius 3 is 2.71 bits per heavy atom. The minimum atomic E-state index is -0.635. The molecule has 24 heavy (non-hydrogen) atoms. The van der Waals surface area contributed by atoms with E-state index < -0.39 is 5.82 Å². The normalized spacial score (nSPS) is 10.2. The Labute approximate surface area is 138 Å². The third-order valence-corrected chi connectivity index (χ3v) is 3.30. The topological polar surface area (TPSA) is 71.7 Å². The molecule has 0 aliphatic carbocycles. The molecular formula is C18H13FN4O. The van der Waals surface area contributed by atoms with Crippen LogP contribution in [0.2, 0.25) is 0 Å². The van der Waals surface area contributed by atoms with Crippen molar-refractivity contribution in [3.63, 3.8) is 0 Å². The molecule has 0 spiro atoms. The van der Waals surface area contributed by atoms with Crippen molar-refractivity contribution >= 4 is 0 Å². The van der Waals surface area contributed by atoms with Gasteiger partial charge in [0.2, 0.25) is 5.88 Å². The lowest BCUT2D eigenvalue weighted by molar-refractivity contribution is 0.456. The van der Waals surface area contributed by atoms with E-state index in [0.29, 0.717) is 23.8 Å². The summed E-state index contributed by atoms with van der Waals surface area (Å²) < 4.78 is 19.3. The van der Waals surface area contributed by atoms with Crippen molar-refractivity contribution < 1.29 is 9.13 Å². The second-order valence-corrected chi connectivity index (χ2v) is 4.95. The van der Waals surface area contributed by atoms with Crippen molar-refractivity contribution in [1.82, 2.24) is 15.0 Å². The molecule has 0 fully saturated rings. The number of hydrogen-bond acceptors (Lipinski definition) is 5. The second kappa shape index (κ2) is 6.84. The molecule has 0 radical (unpaired) electrons. The third-order valence-electron chi connectivity index (χ3n) is 3.30. The highest BCUT2D eigenvalue weighted by Gasteiger charge is 2.10. The van der Waals surface area contributed by atoms with Crippen molar-refractivity contribution in [2.45, 2.75) is 13.3 Å². The van der Waals surface area contributed by atoms with E-state index in [1.807, 2.05) is 19.1 Å². The van der Waals surface area contributed by atoms with Crippen LogP contribution in [0.25, 0.3) is 11.5 Å². The Morgan fingerprint density at radius 2 is 2.04 bits per heavy atom. The van der Waals surface area contributed by atoms with Crippen molar-refractivity contribution in [2.75, 3.05) is 0 Å². The molecule has 0 N–H and O–H groups in total. The van der Waals surface area contributed by atoms with Crippen molar-refractivity contribution in [1.29, 1.82) is 5.26 Å². The zero-order valence-electron chi connectivity index (χ0n) is 12.9. The SMILES string of the molecule is CCc1cc(Oc2ccc(C#N)c(F)c2)nc(-c2ccccn2)n1. The Kier molecular flexibility index (Phi) is 4.43. The predicted octanol–water partition coefficient (Wildman–Crippen LogP) is 3.90. The molecule has 1 aromatic carbocycles. The summed E-state index contributed by atoms with van der Waals surface area (Å²) >= 11 is 0. The molecule has 6 heteroatoms. The molecule has 0 saturated heterocycles. The summed E-state index contributed by atoms with van der Waals surface area (Å²) in [6.07, 6.45) is 2.36. The monoisotopic (exact) mass is 320 g/mol. The van der Waals surface area contributed by atoms with Crippen LogP contribution in [0.3, 0.4) is 0 Å². The van der Waals surface area contributed by atoms with Gasteiger partial charge in [0.15, 0.2) is 5.82 Å². The van der Waals surface area contributed by atoms with Gasteiger partial charge in [-0.05, 0) is 30.7 Å². The summed E-state index contributed by atoms with van der Waals surface area (Å²) in [5.74, 6) is 0.370. The van der Waals surface area contributed by atoms with E-state index in [0.717, 1.165) is 11.8 Å². The molecule has 0 aliphatic rings. The fraction of sp³-hybridized carbons (Fsp3) is 0.111. The van der Waals surface area contributed by atoms with Gasteiger partial charge in [-0.3, -0.25) is 4.98 Å². The average Bonchev–Trinajstić information content (AvgIpc) is 2.62. The molecule has 3 aromatic rings. The first-order valence-corrected chi connectivity index (χ1v) is 7.36. The van der Waals surface area contributed by atoms with E-state index in [1.54, 1.807) is 24.4 Å². The summed E-state index contributed by atoms with van der Waals surface area (Å²) in [4.78, 5) is 13.0. The Bertz CT molecular complexity index is 907. The first-order chi connectivity index (χ1) is 11.7. The van der Waals surface area contributed by atoms with Gasteiger partial charge in [0.1, 0.15) is 23.3 Å². The fourth-order valence-electron chi connectivity index (χ4n) is 2.09. The standard InChI is InChI=1S/C18H13FN4O/c1-2-13-9-17(23-18(22-13)16-5-3-4-8-21-16)24-14-7-6-12(11-20)15(19)10-14/h3-10H,2H2,1H3. The van der Waals surface area contributed by atoms with Crippen LogP contribution in [-0.2, 0) is 6.42 Å². The number of nitrogens with zero attached hydrogens (tertiary/aromatic N) is 4. The van der Waals surface area contributed by atoms with Gasteiger partial charge in [-0.25, -0.2) is 9.37 Å². The number of ether oxygens (including phenoxy) is 1. The number of hydrogen-bond donors (Lipinski definition) is 0. The number of halogens is 1. The molecule has 118 valence electrons. The van der Waals surface area contributed by atoms with Gasteiger partial charge >= 0.3 is 0 Å². The first kappa shape index (κ1) is 15.6. The second-order valence-electron chi connectivity index (χ2n) is 4.95. The van der Waals surface area contributed by atoms with Crippen LogP contribution in [0.15, 0.2) is 48.7 Å². The minimum Gasteiger partial charge on any atom is -0.439 e. The first-order valence-electron chi connectivity index (χ1n) is 7.36. The highest BCUT2D eigenvalue weighted by molar-refractivity contribution is 5.50. The summed E-state index contributed by atoms with van der Waals surface area (Å²) in [7, 11) is 0. The van der Waals surface area contributed by atoms with E-state index in [2.05, 4.69) is 15.0 Å². The molecule has 0 atom stereocenters. The van der Waals surface area contributed by atoms with Gasteiger partial charge in [0.05, 0.1) is 5.56 Å². The van der Waals surface area contributed by atoms with Crippen molar-refractivity contribution in [3.05, 3.63) is 65.7 Å². The van der Waals surface area contributed by atoms with Crippen LogP contribution in [0.5, 0.6) is 11.6 Å². The molecule has 2 aromatic heterocycles. The van der Waals surface area contributed by atoms with Crippen LogP contribution in [0.1, 0.15) is 18.2 Å². The van der Waals surface area contributed by atoms with E-state index >= 15 is 0 Å². The lowest BCUT2D eigenvalue weighted by atomic mass is 10.2. The third kappa shape index (κ3) is 3.36. The lowest BCUT2D eigenvalue weighted by Crippen LogP contribution is -1.99. The molecule has 3 rings (SSSR count). The number of rotatable bonds is 4. The number of pyridine rings is 1. The van der Waals surface area contributed by atoms with Crippen molar-refractivity contribution in [3.8, 4) is 29.2 Å². The van der Waals surface area contributed by atoms with E-state index in [4.69, 9.17) is 10.00 Å². The van der Waals surface area contributed by atoms with Crippen LogP contribution < -0.4 is 4.74 Å². The van der Waals surface area contributed by atoms with Crippen molar-refractivity contribution in [2.24, 2.45) is 0 Å². The van der Waals surface area contributed by atoms with Gasteiger partial charge in [-0.15, -0.1) is 0 Å². The number of aromatic nitrogens is 3. The molecule has 0 aliphatic heterocycles. The Morgan fingerprint density at radius 1 is 1.17 bits per heavy atom. The minimum absolute atomic E-state index is 0.0338. The molecular weight excluding hydrogens is 307 g/mol. The summed E-state index contributed by atoms with van der Waals surface area (Å²) in [6.45, 7) is 1.97. The lowest BCUT2D eigenvalue weighted by Gasteiger charge is -2.08. The Hall–Kier alpha value is -3.33. The fourth-order valence-corrected chi connectivity index (χ4v) is 2.09. The maximum absolute atomic E-state index is 13.7. The van der Waals surface area contributed by atoms with Gasteiger partial charge in [-0.1, -0.05) is 13.0 Å². The number of aryl methyl sites for hydroxylation is 1. The highest BCUT2D eigenvalue weighted by Crippen LogP contribution is 2.24. The molecule has 0 bridgehead atoms. The number of benzene rings is 1. The van der Waals surface area contributed by atoms with Gasteiger partial charge in [-0.2, -0.15) is 10.2 Å². The molecule has 0 amide bonds. The highest BCUT2D eigenvalue weighted by atomic mass is 19.1. The molecule has 5 nitrogen and oxygen atoms in total. The average molecular weight is 320 g/mol. The van der Waals surface area contributed by atoms with Gasteiger partial charge in [0.25, 0.3) is 0 Å². The maximum atomic E-state index is 13.7. The Balaban J connectivity index is 1.96. The van der Waals surface area contributed by atoms with Crippen LogP contribution in [-0.4, -0.2) is 15.0 Å². The van der Waals surface area contributed by atoms with Crippen LogP contribution >= 0.6 is 0 Å². The molecule has 0 unspecified atom stereocenters. The molecule has 2 heterocycles. The maximum Gasteiger partial charge on any atom is 0.223 e.